The highest BCUT2D eigenvalue weighted by Crippen LogP contribution is 2.15. The molecule has 0 spiro atoms. The Morgan fingerprint density at radius 1 is 1.19 bits per heavy atom. The van der Waals surface area contributed by atoms with Crippen LogP contribution in [0.25, 0.3) is 0 Å². The highest BCUT2D eigenvalue weighted by molar-refractivity contribution is 9.10. The standard InChI is InChI=1S/C16H15BrFNO2/c1-19(9-11-3-2-4-14(17)6-11)10-12-5-13(16(20)21)8-15(18)7-12/h2-8H,9-10H2,1H3,(H,20,21). The Labute approximate surface area is 131 Å². The molecule has 110 valence electrons. The van der Waals surface area contributed by atoms with Crippen LogP contribution in [0.1, 0.15) is 21.5 Å². The average Bonchev–Trinajstić information content (AvgIpc) is 2.37. The number of hydrogen-bond acceptors (Lipinski definition) is 2. The van der Waals surface area contributed by atoms with Crippen LogP contribution in [0.3, 0.4) is 0 Å². The van der Waals surface area contributed by atoms with Gasteiger partial charge in [-0.05, 0) is 48.5 Å². The monoisotopic (exact) mass is 351 g/mol. The number of hydrogen-bond donors (Lipinski definition) is 1. The van der Waals surface area contributed by atoms with Crippen LogP contribution in [0, 0.1) is 5.82 Å². The van der Waals surface area contributed by atoms with E-state index in [1.807, 2.05) is 36.2 Å². The Bertz CT molecular complexity index is 660. The normalized spacial score (nSPS) is 10.9. The maximum atomic E-state index is 13.4. The first kappa shape index (κ1) is 15.7. The molecule has 5 heteroatoms. The number of carbonyl (C=O) groups is 1. The van der Waals surface area contributed by atoms with Crippen LogP contribution in [0.2, 0.25) is 0 Å². The van der Waals surface area contributed by atoms with E-state index in [-0.39, 0.29) is 5.56 Å². The molecule has 2 aromatic rings. The summed E-state index contributed by atoms with van der Waals surface area (Å²) in [5.74, 6) is -1.65. The summed E-state index contributed by atoms with van der Waals surface area (Å²) < 4.78 is 14.4. The number of nitrogens with zero attached hydrogens (tertiary/aromatic N) is 1. The summed E-state index contributed by atoms with van der Waals surface area (Å²) in [7, 11) is 1.91. The minimum absolute atomic E-state index is 0.0270. The fourth-order valence-corrected chi connectivity index (χ4v) is 2.63. The van der Waals surface area contributed by atoms with Crippen molar-refractivity contribution in [3.8, 4) is 0 Å². The largest absolute Gasteiger partial charge is 0.478 e. The van der Waals surface area contributed by atoms with E-state index in [2.05, 4.69) is 15.9 Å². The van der Waals surface area contributed by atoms with Crippen molar-refractivity contribution in [3.05, 3.63) is 69.4 Å². The molecule has 3 nitrogen and oxygen atoms in total. The Morgan fingerprint density at radius 2 is 1.90 bits per heavy atom. The summed E-state index contributed by atoms with van der Waals surface area (Å²) in [5.41, 5.74) is 1.74. The molecule has 0 atom stereocenters. The zero-order valence-electron chi connectivity index (χ0n) is 11.5. The van der Waals surface area contributed by atoms with Crippen LogP contribution >= 0.6 is 15.9 Å². The number of benzene rings is 2. The molecule has 0 aromatic heterocycles. The lowest BCUT2D eigenvalue weighted by atomic mass is 10.1. The van der Waals surface area contributed by atoms with Crippen LogP contribution in [0.4, 0.5) is 4.39 Å². The van der Waals surface area contributed by atoms with E-state index in [0.717, 1.165) is 16.1 Å². The Kier molecular flexibility index (Phi) is 5.09. The zero-order valence-corrected chi connectivity index (χ0v) is 13.1. The van der Waals surface area contributed by atoms with E-state index < -0.39 is 11.8 Å². The molecule has 0 aliphatic carbocycles. The van der Waals surface area contributed by atoms with Gasteiger partial charge in [0.25, 0.3) is 0 Å². The van der Waals surface area contributed by atoms with Gasteiger partial charge >= 0.3 is 5.97 Å². The van der Waals surface area contributed by atoms with Crippen molar-refractivity contribution in [2.75, 3.05) is 7.05 Å². The molecule has 21 heavy (non-hydrogen) atoms. The molecule has 0 saturated heterocycles. The van der Waals surface area contributed by atoms with Gasteiger partial charge in [0.1, 0.15) is 5.82 Å². The lowest BCUT2D eigenvalue weighted by Crippen LogP contribution is -2.17. The van der Waals surface area contributed by atoms with Gasteiger partial charge in [-0.25, -0.2) is 9.18 Å². The van der Waals surface area contributed by atoms with Gasteiger partial charge in [0, 0.05) is 17.6 Å². The molecule has 2 rings (SSSR count). The lowest BCUT2D eigenvalue weighted by molar-refractivity contribution is 0.0696. The number of rotatable bonds is 5. The van der Waals surface area contributed by atoms with E-state index in [9.17, 15) is 9.18 Å². The third-order valence-electron chi connectivity index (χ3n) is 3.00. The van der Waals surface area contributed by atoms with E-state index in [1.165, 1.54) is 12.1 Å². The molecule has 0 bridgehead atoms. The first-order valence-electron chi connectivity index (χ1n) is 6.40. The second-order valence-corrected chi connectivity index (χ2v) is 5.87. The first-order valence-corrected chi connectivity index (χ1v) is 7.19. The van der Waals surface area contributed by atoms with E-state index in [1.54, 1.807) is 0 Å². The van der Waals surface area contributed by atoms with Gasteiger partial charge in [0.05, 0.1) is 5.56 Å². The van der Waals surface area contributed by atoms with Crippen molar-refractivity contribution in [1.29, 1.82) is 0 Å². The number of halogens is 2. The average molecular weight is 352 g/mol. The Balaban J connectivity index is 2.09. The van der Waals surface area contributed by atoms with Gasteiger partial charge < -0.3 is 5.11 Å². The molecular weight excluding hydrogens is 337 g/mol. The lowest BCUT2D eigenvalue weighted by Gasteiger charge is -2.17. The van der Waals surface area contributed by atoms with Crippen molar-refractivity contribution >= 4 is 21.9 Å². The fourth-order valence-electron chi connectivity index (χ4n) is 2.18. The molecule has 0 radical (unpaired) electrons. The van der Waals surface area contributed by atoms with Crippen molar-refractivity contribution in [3.63, 3.8) is 0 Å². The number of carboxylic acids is 1. The first-order chi connectivity index (χ1) is 9.94. The SMILES string of the molecule is CN(Cc1cccc(Br)c1)Cc1cc(F)cc(C(=O)O)c1. The summed E-state index contributed by atoms with van der Waals surface area (Å²) in [5, 5.41) is 8.95. The van der Waals surface area contributed by atoms with Gasteiger partial charge in [0.15, 0.2) is 0 Å². The molecule has 1 N–H and O–H groups in total. The van der Waals surface area contributed by atoms with Crippen LogP contribution < -0.4 is 0 Å². The fraction of sp³-hybridized carbons (Fsp3) is 0.188. The summed E-state index contributed by atoms with van der Waals surface area (Å²) in [6, 6.07) is 11.8. The van der Waals surface area contributed by atoms with Gasteiger partial charge in [-0.1, -0.05) is 28.1 Å². The van der Waals surface area contributed by atoms with Crippen molar-refractivity contribution in [2.24, 2.45) is 0 Å². The smallest absolute Gasteiger partial charge is 0.335 e. The minimum Gasteiger partial charge on any atom is -0.478 e. The van der Waals surface area contributed by atoms with Crippen molar-refractivity contribution in [1.82, 2.24) is 4.90 Å². The third-order valence-corrected chi connectivity index (χ3v) is 3.49. The highest BCUT2D eigenvalue weighted by Gasteiger charge is 2.09. The topological polar surface area (TPSA) is 40.5 Å². The minimum atomic E-state index is -1.12. The van der Waals surface area contributed by atoms with E-state index in [0.29, 0.717) is 18.7 Å². The second-order valence-electron chi connectivity index (χ2n) is 4.96. The molecule has 0 aliphatic rings. The maximum absolute atomic E-state index is 13.4. The van der Waals surface area contributed by atoms with Crippen molar-refractivity contribution < 1.29 is 14.3 Å². The van der Waals surface area contributed by atoms with Crippen LogP contribution in [0.15, 0.2) is 46.9 Å². The van der Waals surface area contributed by atoms with Crippen LogP contribution in [-0.2, 0) is 13.1 Å². The molecule has 0 unspecified atom stereocenters. The summed E-state index contributed by atoms with van der Waals surface area (Å²) >= 11 is 3.42. The highest BCUT2D eigenvalue weighted by atomic mass is 79.9. The van der Waals surface area contributed by atoms with Gasteiger partial charge in [-0.2, -0.15) is 0 Å². The third kappa shape index (κ3) is 4.65. The number of carboxylic acid groups (broad SMARTS) is 1. The molecule has 0 saturated carbocycles. The molecule has 0 amide bonds. The molecule has 2 aromatic carbocycles. The molecule has 0 fully saturated rings. The van der Waals surface area contributed by atoms with Crippen molar-refractivity contribution in [2.45, 2.75) is 13.1 Å². The van der Waals surface area contributed by atoms with Gasteiger partial charge in [-0.15, -0.1) is 0 Å². The van der Waals surface area contributed by atoms with Gasteiger partial charge in [0.2, 0.25) is 0 Å². The van der Waals surface area contributed by atoms with Gasteiger partial charge in [-0.3, -0.25) is 4.90 Å². The summed E-state index contributed by atoms with van der Waals surface area (Å²) in [6.07, 6.45) is 0. The zero-order chi connectivity index (χ0) is 15.4. The van der Waals surface area contributed by atoms with E-state index in [4.69, 9.17) is 5.11 Å². The predicted octanol–water partition coefficient (Wildman–Crippen LogP) is 3.92. The summed E-state index contributed by atoms with van der Waals surface area (Å²) in [6.45, 7) is 1.17. The Hall–Kier alpha value is -1.72. The quantitative estimate of drug-likeness (QED) is 0.887. The van der Waals surface area contributed by atoms with E-state index >= 15 is 0 Å². The second kappa shape index (κ2) is 6.83. The molecular formula is C16H15BrFNO2. The maximum Gasteiger partial charge on any atom is 0.335 e. The Morgan fingerprint density at radius 3 is 2.57 bits per heavy atom. The van der Waals surface area contributed by atoms with Crippen LogP contribution in [-0.4, -0.2) is 23.0 Å². The molecule has 0 aliphatic heterocycles. The predicted molar refractivity (Wildman–Crippen MR) is 82.7 cm³/mol. The van der Waals surface area contributed by atoms with Crippen LogP contribution in [0.5, 0.6) is 0 Å². The molecule has 0 heterocycles. The summed E-state index contributed by atoms with van der Waals surface area (Å²) in [4.78, 5) is 12.9. The number of aromatic carboxylic acids is 1.